The monoisotopic (exact) mass is 293 g/mol. The van der Waals surface area contributed by atoms with E-state index in [4.69, 9.17) is 14.2 Å². The van der Waals surface area contributed by atoms with Gasteiger partial charge in [-0.25, -0.2) is 0 Å². The van der Waals surface area contributed by atoms with Crippen LogP contribution in [0.3, 0.4) is 0 Å². The summed E-state index contributed by atoms with van der Waals surface area (Å²) in [7, 11) is 1.73. The van der Waals surface area contributed by atoms with Crippen LogP contribution in [0.15, 0.2) is 24.3 Å². The van der Waals surface area contributed by atoms with Gasteiger partial charge in [0, 0.05) is 19.8 Å². The fourth-order valence-electron chi connectivity index (χ4n) is 2.52. The van der Waals surface area contributed by atoms with Gasteiger partial charge in [0.25, 0.3) is 0 Å². The Hall–Kier alpha value is -1.10. The highest BCUT2D eigenvalue weighted by atomic mass is 16.5. The fraction of sp³-hybridized carbons (Fsp3) is 0.647. The molecule has 0 aliphatic carbocycles. The van der Waals surface area contributed by atoms with Crippen LogP contribution in [0.1, 0.15) is 25.3 Å². The van der Waals surface area contributed by atoms with Crippen molar-refractivity contribution in [1.29, 1.82) is 0 Å². The van der Waals surface area contributed by atoms with Crippen LogP contribution in [0.4, 0.5) is 0 Å². The lowest BCUT2D eigenvalue weighted by molar-refractivity contribution is -0.0146. The van der Waals surface area contributed by atoms with Crippen molar-refractivity contribution in [2.24, 2.45) is 0 Å². The molecule has 2 rings (SSSR count). The van der Waals surface area contributed by atoms with E-state index in [0.717, 1.165) is 44.8 Å². The summed E-state index contributed by atoms with van der Waals surface area (Å²) in [6.45, 7) is 5.44. The molecule has 4 heteroatoms. The molecule has 0 aromatic heterocycles. The predicted molar refractivity (Wildman–Crippen MR) is 84.0 cm³/mol. The molecule has 1 heterocycles. The van der Waals surface area contributed by atoms with Crippen LogP contribution in [0.5, 0.6) is 5.75 Å². The summed E-state index contributed by atoms with van der Waals surface area (Å²) in [6, 6.07) is 8.67. The molecule has 2 unspecified atom stereocenters. The summed E-state index contributed by atoms with van der Waals surface area (Å²) in [6.07, 6.45) is 3.17. The van der Waals surface area contributed by atoms with Crippen molar-refractivity contribution >= 4 is 0 Å². The van der Waals surface area contributed by atoms with Gasteiger partial charge in [-0.2, -0.15) is 0 Å². The maximum Gasteiger partial charge on any atom is 0.137 e. The number of hydrogen-bond acceptors (Lipinski definition) is 4. The molecular weight excluding hydrogens is 266 g/mol. The van der Waals surface area contributed by atoms with E-state index >= 15 is 0 Å². The Morgan fingerprint density at radius 2 is 2.10 bits per heavy atom. The minimum absolute atomic E-state index is 0.0927. The molecule has 1 aromatic carbocycles. The summed E-state index contributed by atoms with van der Waals surface area (Å²) in [4.78, 5) is 0. The zero-order valence-corrected chi connectivity index (χ0v) is 13.1. The Morgan fingerprint density at radius 3 is 2.81 bits per heavy atom. The van der Waals surface area contributed by atoms with Gasteiger partial charge in [-0.3, -0.25) is 0 Å². The number of ether oxygens (including phenoxy) is 3. The van der Waals surface area contributed by atoms with Crippen LogP contribution in [0.2, 0.25) is 0 Å². The van der Waals surface area contributed by atoms with Gasteiger partial charge in [0.1, 0.15) is 11.9 Å². The third-order valence-electron chi connectivity index (χ3n) is 3.77. The molecule has 0 amide bonds. The van der Waals surface area contributed by atoms with Gasteiger partial charge < -0.3 is 19.5 Å². The summed E-state index contributed by atoms with van der Waals surface area (Å²) >= 11 is 0. The van der Waals surface area contributed by atoms with Crippen molar-refractivity contribution in [2.75, 3.05) is 33.5 Å². The van der Waals surface area contributed by atoms with Crippen molar-refractivity contribution in [1.82, 2.24) is 5.32 Å². The number of hydrogen-bond donors (Lipinski definition) is 1. The minimum atomic E-state index is 0.0927. The fourth-order valence-corrected chi connectivity index (χ4v) is 2.52. The van der Waals surface area contributed by atoms with E-state index in [0.29, 0.717) is 12.6 Å². The Balaban J connectivity index is 1.89. The highest BCUT2D eigenvalue weighted by molar-refractivity contribution is 5.27. The third kappa shape index (κ3) is 5.30. The van der Waals surface area contributed by atoms with Gasteiger partial charge in [-0.15, -0.1) is 0 Å². The van der Waals surface area contributed by atoms with Gasteiger partial charge in [0.05, 0.1) is 13.2 Å². The molecule has 1 aromatic rings. The SMILES string of the molecule is CCCNC1CCOCC1Oc1ccc(CCOC)cc1. The Bertz CT molecular complexity index is 394. The molecule has 1 fully saturated rings. The lowest BCUT2D eigenvalue weighted by Crippen LogP contribution is -2.49. The second kappa shape index (κ2) is 9.03. The van der Waals surface area contributed by atoms with Gasteiger partial charge in [0.2, 0.25) is 0 Å². The second-order valence-electron chi connectivity index (χ2n) is 5.47. The normalized spacial score (nSPS) is 22.2. The van der Waals surface area contributed by atoms with E-state index in [2.05, 4.69) is 24.4 Å². The van der Waals surface area contributed by atoms with Crippen molar-refractivity contribution in [3.05, 3.63) is 29.8 Å². The molecule has 2 atom stereocenters. The van der Waals surface area contributed by atoms with E-state index in [1.165, 1.54) is 5.56 Å². The second-order valence-corrected chi connectivity index (χ2v) is 5.47. The van der Waals surface area contributed by atoms with E-state index in [9.17, 15) is 0 Å². The Labute approximate surface area is 127 Å². The van der Waals surface area contributed by atoms with Crippen LogP contribution in [0.25, 0.3) is 0 Å². The minimum Gasteiger partial charge on any atom is -0.486 e. The zero-order valence-electron chi connectivity index (χ0n) is 13.1. The average Bonchev–Trinajstić information content (AvgIpc) is 2.53. The first kappa shape index (κ1) is 16.3. The number of nitrogens with one attached hydrogen (secondary N) is 1. The molecule has 21 heavy (non-hydrogen) atoms. The van der Waals surface area contributed by atoms with Crippen LogP contribution in [-0.2, 0) is 15.9 Å². The van der Waals surface area contributed by atoms with Gasteiger partial charge in [0.15, 0.2) is 0 Å². The van der Waals surface area contributed by atoms with E-state index in [1.807, 2.05) is 12.1 Å². The molecule has 0 radical (unpaired) electrons. The molecule has 1 aliphatic heterocycles. The average molecular weight is 293 g/mol. The molecule has 0 spiro atoms. The number of rotatable bonds is 8. The van der Waals surface area contributed by atoms with Gasteiger partial charge in [-0.1, -0.05) is 19.1 Å². The molecule has 118 valence electrons. The van der Waals surface area contributed by atoms with Crippen molar-refractivity contribution in [2.45, 2.75) is 38.3 Å². The summed E-state index contributed by atoms with van der Waals surface area (Å²) in [5.74, 6) is 0.912. The number of methoxy groups -OCH3 is 1. The van der Waals surface area contributed by atoms with Crippen LogP contribution >= 0.6 is 0 Å². The van der Waals surface area contributed by atoms with E-state index < -0.39 is 0 Å². The van der Waals surface area contributed by atoms with E-state index in [1.54, 1.807) is 7.11 Å². The van der Waals surface area contributed by atoms with E-state index in [-0.39, 0.29) is 6.10 Å². The Kier molecular flexibility index (Phi) is 7.00. The predicted octanol–water partition coefficient (Wildman–Crippen LogP) is 2.41. The van der Waals surface area contributed by atoms with Crippen molar-refractivity contribution in [3.8, 4) is 5.75 Å². The molecule has 1 N–H and O–H groups in total. The van der Waals surface area contributed by atoms with Crippen LogP contribution < -0.4 is 10.1 Å². The smallest absolute Gasteiger partial charge is 0.137 e. The molecule has 4 nitrogen and oxygen atoms in total. The summed E-state index contributed by atoms with van der Waals surface area (Å²) in [5, 5.41) is 3.56. The summed E-state index contributed by atoms with van der Waals surface area (Å²) in [5.41, 5.74) is 1.27. The molecule has 0 bridgehead atoms. The highest BCUT2D eigenvalue weighted by Gasteiger charge is 2.26. The summed E-state index contributed by atoms with van der Waals surface area (Å²) < 4.78 is 16.8. The lowest BCUT2D eigenvalue weighted by Gasteiger charge is -2.32. The Morgan fingerprint density at radius 1 is 1.29 bits per heavy atom. The molecule has 1 saturated heterocycles. The largest absolute Gasteiger partial charge is 0.486 e. The first-order valence-electron chi connectivity index (χ1n) is 7.89. The first-order valence-corrected chi connectivity index (χ1v) is 7.89. The topological polar surface area (TPSA) is 39.7 Å². The lowest BCUT2D eigenvalue weighted by atomic mass is 10.1. The van der Waals surface area contributed by atoms with Crippen molar-refractivity contribution in [3.63, 3.8) is 0 Å². The highest BCUT2D eigenvalue weighted by Crippen LogP contribution is 2.19. The maximum absolute atomic E-state index is 6.11. The van der Waals surface area contributed by atoms with Crippen LogP contribution in [-0.4, -0.2) is 45.6 Å². The standard InChI is InChI=1S/C17H27NO3/c1-3-10-18-16-9-12-20-13-17(16)21-15-6-4-14(5-7-15)8-11-19-2/h4-7,16-18H,3,8-13H2,1-2H3. The van der Waals surface area contributed by atoms with Crippen LogP contribution in [0, 0.1) is 0 Å². The molecular formula is C17H27NO3. The quantitative estimate of drug-likeness (QED) is 0.799. The van der Waals surface area contributed by atoms with Crippen molar-refractivity contribution < 1.29 is 14.2 Å². The first-order chi connectivity index (χ1) is 10.3. The zero-order chi connectivity index (χ0) is 14.9. The molecule has 0 saturated carbocycles. The maximum atomic E-state index is 6.11. The number of benzene rings is 1. The van der Waals surface area contributed by atoms with Gasteiger partial charge in [-0.05, 0) is 43.5 Å². The van der Waals surface area contributed by atoms with Gasteiger partial charge >= 0.3 is 0 Å². The molecule has 1 aliphatic rings. The third-order valence-corrected chi connectivity index (χ3v) is 3.77.